The number of benzene rings is 2. The Morgan fingerprint density at radius 2 is 1.75 bits per heavy atom. The summed E-state index contributed by atoms with van der Waals surface area (Å²) in [6.07, 6.45) is -1.19. The van der Waals surface area contributed by atoms with Crippen LogP contribution in [0.2, 0.25) is 0 Å². The second kappa shape index (κ2) is 10.1. The molecule has 1 amide bonds. The van der Waals surface area contributed by atoms with Gasteiger partial charge in [-0.3, -0.25) is 4.79 Å². The molecule has 218 valence electrons. The topological polar surface area (TPSA) is 57.7 Å². The first kappa shape index (κ1) is 29.0. The average molecular weight is 585 g/mol. The molecular formula is C29H33F5N2O3S. The molecule has 5 nitrogen and oxygen atoms in total. The van der Waals surface area contributed by atoms with Crippen molar-refractivity contribution >= 4 is 15.9 Å². The molecule has 0 bridgehead atoms. The van der Waals surface area contributed by atoms with Gasteiger partial charge in [0.15, 0.2) is 0 Å². The molecule has 2 aliphatic heterocycles. The van der Waals surface area contributed by atoms with E-state index in [1.807, 2.05) is 4.90 Å². The summed E-state index contributed by atoms with van der Waals surface area (Å²) in [5.74, 6) is -0.541. The molecule has 3 aliphatic rings. The van der Waals surface area contributed by atoms with E-state index in [1.54, 1.807) is 18.2 Å². The van der Waals surface area contributed by atoms with Crippen molar-refractivity contribution in [1.82, 2.24) is 9.21 Å². The molecule has 2 fully saturated rings. The molecule has 2 aromatic rings. The first-order chi connectivity index (χ1) is 18.6. The van der Waals surface area contributed by atoms with Crippen molar-refractivity contribution in [1.29, 1.82) is 0 Å². The zero-order valence-corrected chi connectivity index (χ0v) is 23.3. The van der Waals surface area contributed by atoms with Crippen LogP contribution in [0.25, 0.3) is 0 Å². The first-order valence-electron chi connectivity index (χ1n) is 13.5. The van der Waals surface area contributed by atoms with Gasteiger partial charge in [-0.1, -0.05) is 30.3 Å². The number of likely N-dealkylation sites (tertiary alicyclic amines) is 1. The molecule has 0 radical (unpaired) electrons. The second-order valence-corrected chi connectivity index (χ2v) is 13.7. The zero-order valence-electron chi connectivity index (χ0n) is 22.5. The second-order valence-electron chi connectivity index (χ2n) is 11.7. The van der Waals surface area contributed by atoms with Gasteiger partial charge >= 0.3 is 6.18 Å². The fraction of sp³-hybridized carbons (Fsp3) is 0.552. The number of carbonyl (C=O) groups excluding carboxylic acids is 1. The summed E-state index contributed by atoms with van der Waals surface area (Å²) in [6.45, 7) is 1.66. The van der Waals surface area contributed by atoms with Crippen molar-refractivity contribution in [2.24, 2.45) is 5.92 Å². The molecule has 0 spiro atoms. The van der Waals surface area contributed by atoms with Crippen LogP contribution in [0.3, 0.4) is 0 Å². The van der Waals surface area contributed by atoms with Crippen LogP contribution in [-0.4, -0.2) is 61.6 Å². The molecule has 11 heteroatoms. The van der Waals surface area contributed by atoms with E-state index in [0.717, 1.165) is 17.4 Å². The summed E-state index contributed by atoms with van der Waals surface area (Å²) in [7, 11) is -3.33. The number of halogens is 5. The van der Waals surface area contributed by atoms with Gasteiger partial charge in [-0.2, -0.15) is 13.2 Å². The van der Waals surface area contributed by atoms with E-state index in [0.29, 0.717) is 64.2 Å². The number of rotatable bonds is 6. The average Bonchev–Trinajstić information content (AvgIpc) is 3.49. The molecule has 1 aliphatic carbocycles. The number of hydrogen-bond acceptors (Lipinski definition) is 3. The van der Waals surface area contributed by atoms with Gasteiger partial charge in [0, 0.05) is 37.5 Å². The Bertz CT molecular complexity index is 1390. The van der Waals surface area contributed by atoms with E-state index in [-0.39, 0.29) is 30.1 Å². The lowest BCUT2D eigenvalue weighted by atomic mass is 9.63. The molecular weight excluding hydrogens is 551 g/mol. The van der Waals surface area contributed by atoms with Gasteiger partial charge in [-0.15, -0.1) is 0 Å². The highest BCUT2D eigenvalue weighted by molar-refractivity contribution is 7.88. The van der Waals surface area contributed by atoms with E-state index in [4.69, 9.17) is 0 Å². The van der Waals surface area contributed by atoms with E-state index in [9.17, 15) is 35.2 Å². The lowest BCUT2D eigenvalue weighted by molar-refractivity contribution is -0.228. The third kappa shape index (κ3) is 5.15. The summed E-state index contributed by atoms with van der Waals surface area (Å²) in [5, 5.41) is 0. The minimum Gasteiger partial charge on any atom is -0.339 e. The predicted octanol–water partition coefficient (Wildman–Crippen LogP) is 5.27. The Morgan fingerprint density at radius 3 is 2.38 bits per heavy atom. The van der Waals surface area contributed by atoms with Crippen LogP contribution in [0.5, 0.6) is 0 Å². The maximum atomic E-state index is 14.9. The Balaban J connectivity index is 1.47. The largest absolute Gasteiger partial charge is 0.426 e. The summed E-state index contributed by atoms with van der Waals surface area (Å²) >= 11 is 0. The van der Waals surface area contributed by atoms with Crippen molar-refractivity contribution in [2.45, 2.75) is 68.8 Å². The monoisotopic (exact) mass is 584 g/mol. The number of alkyl halides is 4. The number of fused-ring (bicyclic) bond motifs is 3. The maximum absolute atomic E-state index is 14.9. The van der Waals surface area contributed by atoms with Crippen LogP contribution < -0.4 is 0 Å². The SMILES string of the molecule is CC(F)(c1ccc2c(c1)CC[C@H]1N(C(=O)C[C@@H]3CCN(S(C)(=O)=O)C3)CC[C@@]21Cc1ccc(F)cc1)C(F)(F)F. The number of amides is 1. The predicted molar refractivity (Wildman–Crippen MR) is 140 cm³/mol. The van der Waals surface area contributed by atoms with Crippen LogP contribution in [-0.2, 0) is 38.7 Å². The highest BCUT2D eigenvalue weighted by Crippen LogP contribution is 2.51. The van der Waals surface area contributed by atoms with Crippen LogP contribution in [0.15, 0.2) is 42.5 Å². The third-order valence-corrected chi connectivity index (χ3v) is 10.4. The zero-order chi connectivity index (χ0) is 29.1. The van der Waals surface area contributed by atoms with E-state index < -0.39 is 32.8 Å². The number of sulfonamides is 1. The van der Waals surface area contributed by atoms with Crippen molar-refractivity contribution in [3.05, 3.63) is 70.5 Å². The standard InChI is InChI=1S/C29H33F5N2O3S/c1-27(31,29(32,33)34)22-6-9-24-21(16-22)5-10-25-28(24,17-19-3-7-23(30)8-4-19)12-14-36(25)26(37)15-20-11-13-35(18-20)40(2,38)39/h3-4,6-9,16,20,25H,5,10-15,17-18H2,1-2H3/t20-,25+,27?,28+/m0/s1. The third-order valence-electron chi connectivity index (χ3n) is 9.15. The maximum Gasteiger partial charge on any atom is 0.426 e. The Morgan fingerprint density at radius 1 is 1.05 bits per heavy atom. The van der Waals surface area contributed by atoms with Gasteiger partial charge in [0.2, 0.25) is 21.6 Å². The van der Waals surface area contributed by atoms with Gasteiger partial charge in [0.25, 0.3) is 0 Å². The molecule has 40 heavy (non-hydrogen) atoms. The van der Waals surface area contributed by atoms with Crippen molar-refractivity contribution in [3.8, 4) is 0 Å². The Labute approximate surface area is 231 Å². The van der Waals surface area contributed by atoms with Crippen molar-refractivity contribution in [3.63, 3.8) is 0 Å². The molecule has 0 aromatic heterocycles. The van der Waals surface area contributed by atoms with E-state index >= 15 is 0 Å². The lowest BCUT2D eigenvalue weighted by Gasteiger charge is -2.44. The molecule has 0 N–H and O–H groups in total. The van der Waals surface area contributed by atoms with Crippen LogP contribution in [0.1, 0.15) is 54.9 Å². The summed E-state index contributed by atoms with van der Waals surface area (Å²) in [6, 6.07) is 9.92. The number of nitrogens with zero attached hydrogens (tertiary/aromatic N) is 2. The molecule has 0 saturated carbocycles. The van der Waals surface area contributed by atoms with Crippen LogP contribution >= 0.6 is 0 Å². The molecule has 2 aromatic carbocycles. The quantitative estimate of drug-likeness (QED) is 0.435. The summed E-state index contributed by atoms with van der Waals surface area (Å²) in [4.78, 5) is 15.4. The van der Waals surface area contributed by atoms with E-state index in [2.05, 4.69) is 0 Å². The normalized spacial score (nSPS) is 26.8. The molecule has 2 heterocycles. The van der Waals surface area contributed by atoms with Crippen molar-refractivity contribution in [2.75, 3.05) is 25.9 Å². The Kier molecular flexibility index (Phi) is 7.30. The minimum absolute atomic E-state index is 0.0696. The van der Waals surface area contributed by atoms with Crippen molar-refractivity contribution < 1.29 is 35.2 Å². The highest BCUT2D eigenvalue weighted by Gasteiger charge is 2.55. The van der Waals surface area contributed by atoms with Gasteiger partial charge < -0.3 is 4.90 Å². The van der Waals surface area contributed by atoms with Gasteiger partial charge in [-0.25, -0.2) is 21.5 Å². The summed E-state index contributed by atoms with van der Waals surface area (Å²) < 4.78 is 94.2. The van der Waals surface area contributed by atoms with E-state index in [1.165, 1.54) is 28.6 Å². The molecule has 2 saturated heterocycles. The number of carbonyl (C=O) groups is 1. The van der Waals surface area contributed by atoms with Gasteiger partial charge in [0.1, 0.15) is 5.82 Å². The van der Waals surface area contributed by atoms with Crippen LogP contribution in [0, 0.1) is 11.7 Å². The lowest BCUT2D eigenvalue weighted by Crippen LogP contribution is -2.49. The first-order valence-corrected chi connectivity index (χ1v) is 15.4. The number of hydrogen-bond donors (Lipinski definition) is 0. The molecule has 5 rings (SSSR count). The van der Waals surface area contributed by atoms with Gasteiger partial charge in [0.05, 0.1) is 6.26 Å². The summed E-state index contributed by atoms with van der Waals surface area (Å²) in [5.41, 5.74) is -2.30. The smallest absolute Gasteiger partial charge is 0.339 e. The minimum atomic E-state index is -5.06. The van der Waals surface area contributed by atoms with Crippen LogP contribution in [0.4, 0.5) is 22.0 Å². The number of aryl methyl sites for hydroxylation is 1. The fourth-order valence-electron chi connectivity index (χ4n) is 6.92. The fourth-order valence-corrected chi connectivity index (χ4v) is 7.84. The molecule has 4 atom stereocenters. The Hall–Kier alpha value is -2.53. The highest BCUT2D eigenvalue weighted by atomic mass is 32.2. The molecule has 1 unspecified atom stereocenters. The van der Waals surface area contributed by atoms with Gasteiger partial charge in [-0.05, 0) is 79.3 Å².